The molecule has 3 atom stereocenters. The summed E-state index contributed by atoms with van der Waals surface area (Å²) < 4.78 is 5.19. The van der Waals surface area contributed by atoms with Gasteiger partial charge in [-0.1, -0.05) is 43.7 Å². The van der Waals surface area contributed by atoms with E-state index in [1.54, 1.807) is 24.3 Å². The second-order valence-electron chi connectivity index (χ2n) is 8.01. The number of nitrogens with one attached hydrogen (secondary N) is 1. The van der Waals surface area contributed by atoms with Crippen molar-refractivity contribution in [2.75, 3.05) is 11.9 Å². The number of anilines is 1. The Bertz CT molecular complexity index is 856. The number of imide groups is 1. The fourth-order valence-corrected chi connectivity index (χ4v) is 4.07. The van der Waals surface area contributed by atoms with Crippen molar-refractivity contribution in [2.45, 2.75) is 39.2 Å². The van der Waals surface area contributed by atoms with Crippen LogP contribution in [-0.4, -0.2) is 41.2 Å². The second-order valence-corrected chi connectivity index (χ2v) is 8.45. The van der Waals surface area contributed by atoms with Gasteiger partial charge in [0.05, 0.1) is 11.8 Å². The lowest BCUT2D eigenvalue weighted by Gasteiger charge is -2.26. The first-order valence-corrected chi connectivity index (χ1v) is 10.4. The van der Waals surface area contributed by atoms with Gasteiger partial charge in [-0.15, -0.1) is 0 Å². The highest BCUT2D eigenvalue weighted by molar-refractivity contribution is 6.30. The minimum atomic E-state index is -1.03. The van der Waals surface area contributed by atoms with E-state index in [-0.39, 0.29) is 24.2 Å². The van der Waals surface area contributed by atoms with Crippen LogP contribution >= 0.6 is 11.6 Å². The van der Waals surface area contributed by atoms with Crippen LogP contribution in [0.15, 0.2) is 36.4 Å². The van der Waals surface area contributed by atoms with Gasteiger partial charge in [0.25, 0.3) is 5.91 Å². The third-order valence-electron chi connectivity index (χ3n) is 5.27. The maximum atomic E-state index is 12.9. The van der Waals surface area contributed by atoms with Crippen molar-refractivity contribution in [1.29, 1.82) is 0 Å². The predicted molar refractivity (Wildman–Crippen MR) is 111 cm³/mol. The number of hydrogen-bond acceptors (Lipinski definition) is 5. The van der Waals surface area contributed by atoms with E-state index in [9.17, 15) is 19.2 Å². The molecule has 2 aliphatic rings. The Labute approximate surface area is 180 Å². The quantitative estimate of drug-likeness (QED) is 0.406. The van der Waals surface area contributed by atoms with Crippen LogP contribution < -0.4 is 5.32 Å². The highest BCUT2D eigenvalue weighted by Crippen LogP contribution is 2.37. The third-order valence-corrected chi connectivity index (χ3v) is 5.51. The van der Waals surface area contributed by atoms with E-state index in [1.807, 2.05) is 26.0 Å². The number of amides is 3. The van der Waals surface area contributed by atoms with Gasteiger partial charge in [0, 0.05) is 10.7 Å². The number of likely N-dealkylation sites (tertiary alicyclic amines) is 1. The van der Waals surface area contributed by atoms with Gasteiger partial charge in [-0.05, 0) is 43.4 Å². The van der Waals surface area contributed by atoms with E-state index in [0.717, 1.165) is 4.90 Å². The zero-order chi connectivity index (χ0) is 21.8. The van der Waals surface area contributed by atoms with Gasteiger partial charge in [0.15, 0.2) is 6.61 Å². The number of rotatable bonds is 7. The van der Waals surface area contributed by atoms with Gasteiger partial charge < -0.3 is 10.1 Å². The Hall–Kier alpha value is -2.67. The van der Waals surface area contributed by atoms with Crippen molar-refractivity contribution >= 4 is 41.0 Å². The Balaban J connectivity index is 1.66. The number of allylic oxidation sites excluding steroid dienone is 2. The number of carbonyl (C=O) groups is 4. The molecule has 1 N–H and O–H groups in total. The summed E-state index contributed by atoms with van der Waals surface area (Å²) in [5.41, 5.74) is 0.476. The number of carbonyl (C=O) groups excluding carboxylic acids is 4. The molecule has 8 heteroatoms. The maximum absolute atomic E-state index is 12.9. The fraction of sp³-hybridized carbons (Fsp3) is 0.455. The fourth-order valence-electron chi connectivity index (χ4n) is 3.88. The first kappa shape index (κ1) is 22.0. The normalized spacial score (nSPS) is 21.5. The molecule has 1 aliphatic heterocycles. The van der Waals surface area contributed by atoms with Gasteiger partial charge >= 0.3 is 5.97 Å². The molecule has 7 nitrogen and oxygen atoms in total. The van der Waals surface area contributed by atoms with Crippen molar-refractivity contribution in [1.82, 2.24) is 4.90 Å². The summed E-state index contributed by atoms with van der Waals surface area (Å²) in [4.78, 5) is 51.7. The van der Waals surface area contributed by atoms with Gasteiger partial charge in [-0.2, -0.15) is 0 Å². The minimum absolute atomic E-state index is 0.0455. The molecule has 0 unspecified atom stereocenters. The molecule has 0 radical (unpaired) electrons. The number of ether oxygens (including phenoxy) is 1. The van der Waals surface area contributed by atoms with E-state index in [0.29, 0.717) is 23.6 Å². The molecule has 30 heavy (non-hydrogen) atoms. The summed E-state index contributed by atoms with van der Waals surface area (Å²) in [5, 5.41) is 3.05. The van der Waals surface area contributed by atoms with Crippen molar-refractivity contribution in [3.05, 3.63) is 41.4 Å². The van der Waals surface area contributed by atoms with Crippen LogP contribution in [0.3, 0.4) is 0 Å². The largest absolute Gasteiger partial charge is 0.454 e. The summed E-state index contributed by atoms with van der Waals surface area (Å²) in [5.74, 6) is -2.75. The van der Waals surface area contributed by atoms with Gasteiger partial charge in [-0.25, -0.2) is 4.79 Å². The van der Waals surface area contributed by atoms with E-state index in [2.05, 4.69) is 5.32 Å². The average molecular weight is 433 g/mol. The van der Waals surface area contributed by atoms with E-state index < -0.39 is 36.4 Å². The SMILES string of the molecule is CC(C)C[C@H](C(=O)OCC(=O)Nc1cccc(Cl)c1)N1C(=O)[C@H]2CC=CC[C@@H]2C1=O. The molecular formula is C22H25ClN2O5. The molecule has 0 bridgehead atoms. The highest BCUT2D eigenvalue weighted by Gasteiger charge is 2.51. The lowest BCUT2D eigenvalue weighted by atomic mass is 9.85. The second kappa shape index (κ2) is 9.43. The third kappa shape index (κ3) is 4.90. The predicted octanol–water partition coefficient (Wildman–Crippen LogP) is 3.19. The van der Waals surface area contributed by atoms with Gasteiger partial charge in [0.2, 0.25) is 11.8 Å². The monoisotopic (exact) mass is 432 g/mol. The molecule has 0 spiro atoms. The Morgan fingerprint density at radius 1 is 1.17 bits per heavy atom. The molecule has 1 aromatic carbocycles. The van der Waals surface area contributed by atoms with Crippen LogP contribution in [0.4, 0.5) is 5.69 Å². The van der Waals surface area contributed by atoms with Crippen LogP contribution in [0.2, 0.25) is 5.02 Å². The molecule has 1 fully saturated rings. The number of hydrogen-bond donors (Lipinski definition) is 1. The first-order chi connectivity index (χ1) is 14.3. The smallest absolute Gasteiger partial charge is 0.329 e. The molecular weight excluding hydrogens is 408 g/mol. The van der Waals surface area contributed by atoms with E-state index in [1.165, 1.54) is 0 Å². The van der Waals surface area contributed by atoms with Crippen molar-refractivity contribution in [3.8, 4) is 0 Å². The van der Waals surface area contributed by atoms with Crippen molar-refractivity contribution in [3.63, 3.8) is 0 Å². The molecule has 3 rings (SSSR count). The van der Waals surface area contributed by atoms with Crippen LogP contribution in [-0.2, 0) is 23.9 Å². The zero-order valence-electron chi connectivity index (χ0n) is 17.0. The summed E-state index contributed by atoms with van der Waals surface area (Å²) >= 11 is 5.89. The minimum Gasteiger partial charge on any atom is -0.454 e. The van der Waals surface area contributed by atoms with Gasteiger partial charge in [-0.3, -0.25) is 19.3 Å². The van der Waals surface area contributed by atoms with Crippen molar-refractivity contribution < 1.29 is 23.9 Å². The lowest BCUT2D eigenvalue weighted by molar-refractivity contribution is -0.160. The summed E-state index contributed by atoms with van der Waals surface area (Å²) in [7, 11) is 0. The zero-order valence-corrected chi connectivity index (χ0v) is 17.7. The molecule has 1 aliphatic carbocycles. The molecule has 3 amide bonds. The molecule has 0 aromatic heterocycles. The van der Waals surface area contributed by atoms with Crippen LogP contribution in [0.25, 0.3) is 0 Å². The van der Waals surface area contributed by atoms with Crippen LogP contribution in [0.5, 0.6) is 0 Å². The Kier molecular flexibility index (Phi) is 6.92. The number of benzene rings is 1. The Morgan fingerprint density at radius 3 is 2.37 bits per heavy atom. The van der Waals surface area contributed by atoms with Crippen molar-refractivity contribution in [2.24, 2.45) is 17.8 Å². The maximum Gasteiger partial charge on any atom is 0.329 e. The summed E-state index contributed by atoms with van der Waals surface area (Å²) in [6, 6.07) is 5.55. The average Bonchev–Trinajstić information content (AvgIpc) is 2.95. The standard InChI is InChI=1S/C22H25ClN2O5/c1-13(2)10-18(25-20(27)16-8-3-4-9-17(16)21(25)28)22(29)30-12-19(26)24-15-7-5-6-14(23)11-15/h3-7,11,13,16-18H,8-10,12H2,1-2H3,(H,24,26)/t16-,17-,18+/m0/s1. The van der Waals surface area contributed by atoms with Gasteiger partial charge in [0.1, 0.15) is 6.04 Å². The number of nitrogens with zero attached hydrogens (tertiary/aromatic N) is 1. The molecule has 1 saturated heterocycles. The molecule has 160 valence electrons. The highest BCUT2D eigenvalue weighted by atomic mass is 35.5. The summed E-state index contributed by atoms with van der Waals surface area (Å²) in [6.45, 7) is 3.27. The lowest BCUT2D eigenvalue weighted by Crippen LogP contribution is -2.47. The number of fused-ring (bicyclic) bond motifs is 1. The van der Waals surface area contributed by atoms with E-state index in [4.69, 9.17) is 16.3 Å². The summed E-state index contributed by atoms with van der Waals surface area (Å²) in [6.07, 6.45) is 5.06. The first-order valence-electron chi connectivity index (χ1n) is 10.0. The number of esters is 1. The molecule has 1 aromatic rings. The van der Waals surface area contributed by atoms with E-state index >= 15 is 0 Å². The topological polar surface area (TPSA) is 92.8 Å². The number of halogens is 1. The molecule has 0 saturated carbocycles. The van der Waals surface area contributed by atoms with Crippen LogP contribution in [0, 0.1) is 17.8 Å². The molecule has 1 heterocycles. The Morgan fingerprint density at radius 2 is 1.80 bits per heavy atom. The van der Waals surface area contributed by atoms with Crippen LogP contribution in [0.1, 0.15) is 33.1 Å².